The van der Waals surface area contributed by atoms with Crippen molar-refractivity contribution in [1.82, 2.24) is 0 Å². The van der Waals surface area contributed by atoms with Crippen molar-refractivity contribution in [3.05, 3.63) is 75.6 Å². The van der Waals surface area contributed by atoms with Crippen LogP contribution in [0.4, 0.5) is 15.8 Å². The van der Waals surface area contributed by atoms with Gasteiger partial charge >= 0.3 is 0 Å². The van der Waals surface area contributed by atoms with E-state index < -0.39 is 16.6 Å². The summed E-state index contributed by atoms with van der Waals surface area (Å²) in [5, 5.41) is 13.4. The first-order chi connectivity index (χ1) is 10.5. The van der Waals surface area contributed by atoms with Gasteiger partial charge in [0, 0.05) is 17.7 Å². The SMILES string of the molecule is Cc1c(NC(=O)/C=C/c2ccccc2F)cccc1[N+](=O)[O-]. The predicted molar refractivity (Wildman–Crippen MR) is 81.9 cm³/mol. The lowest BCUT2D eigenvalue weighted by Crippen LogP contribution is -2.09. The van der Waals surface area contributed by atoms with Gasteiger partial charge < -0.3 is 5.32 Å². The number of carbonyl (C=O) groups excluding carboxylic acids is 1. The second-order valence-corrected chi connectivity index (χ2v) is 4.55. The number of rotatable bonds is 4. The number of nitro benzene ring substituents is 1. The van der Waals surface area contributed by atoms with Gasteiger partial charge in [0.05, 0.1) is 16.2 Å². The maximum atomic E-state index is 13.4. The largest absolute Gasteiger partial charge is 0.322 e. The van der Waals surface area contributed by atoms with Gasteiger partial charge in [-0.1, -0.05) is 24.3 Å². The predicted octanol–water partition coefficient (Wildman–Crippen LogP) is 3.69. The first kappa shape index (κ1) is 15.4. The van der Waals surface area contributed by atoms with Gasteiger partial charge in [0.1, 0.15) is 5.82 Å². The van der Waals surface area contributed by atoms with Gasteiger partial charge in [-0.05, 0) is 25.1 Å². The Labute approximate surface area is 126 Å². The molecule has 22 heavy (non-hydrogen) atoms. The van der Waals surface area contributed by atoms with E-state index in [-0.39, 0.29) is 11.3 Å². The van der Waals surface area contributed by atoms with Crippen molar-refractivity contribution in [2.45, 2.75) is 6.92 Å². The summed E-state index contributed by atoms with van der Waals surface area (Å²) in [7, 11) is 0. The zero-order valence-electron chi connectivity index (χ0n) is 11.7. The molecule has 0 bridgehead atoms. The molecule has 0 fully saturated rings. The third-order valence-electron chi connectivity index (χ3n) is 3.08. The van der Waals surface area contributed by atoms with E-state index in [9.17, 15) is 19.3 Å². The molecular weight excluding hydrogens is 287 g/mol. The minimum atomic E-state index is -0.514. The second-order valence-electron chi connectivity index (χ2n) is 4.55. The van der Waals surface area contributed by atoms with Crippen molar-refractivity contribution in [1.29, 1.82) is 0 Å². The smallest absolute Gasteiger partial charge is 0.274 e. The van der Waals surface area contributed by atoms with Gasteiger partial charge in [0.2, 0.25) is 5.91 Å². The van der Waals surface area contributed by atoms with Crippen LogP contribution in [0.25, 0.3) is 6.08 Å². The highest BCUT2D eigenvalue weighted by atomic mass is 19.1. The molecule has 0 aliphatic rings. The average Bonchev–Trinajstić information content (AvgIpc) is 2.48. The molecule has 5 nitrogen and oxygen atoms in total. The van der Waals surface area contributed by atoms with Crippen LogP contribution in [0, 0.1) is 22.9 Å². The number of amides is 1. The third-order valence-corrected chi connectivity index (χ3v) is 3.08. The van der Waals surface area contributed by atoms with Gasteiger partial charge in [-0.3, -0.25) is 14.9 Å². The molecule has 1 amide bonds. The Bertz CT molecular complexity index is 757. The van der Waals surface area contributed by atoms with Crippen molar-refractivity contribution < 1.29 is 14.1 Å². The zero-order chi connectivity index (χ0) is 16.1. The standard InChI is InChI=1S/C16H13FN2O3/c1-11-14(7-4-8-15(11)19(21)22)18-16(20)10-9-12-5-2-3-6-13(12)17/h2-10H,1H3,(H,18,20)/b10-9+. The molecule has 0 aliphatic heterocycles. The number of hydrogen-bond donors (Lipinski definition) is 1. The quantitative estimate of drug-likeness (QED) is 0.531. The molecule has 1 N–H and O–H groups in total. The Morgan fingerprint density at radius 2 is 1.95 bits per heavy atom. The lowest BCUT2D eigenvalue weighted by molar-refractivity contribution is -0.385. The maximum Gasteiger partial charge on any atom is 0.274 e. The molecule has 2 aromatic carbocycles. The normalized spacial score (nSPS) is 10.6. The number of nitrogens with zero attached hydrogens (tertiary/aromatic N) is 1. The highest BCUT2D eigenvalue weighted by Crippen LogP contribution is 2.25. The number of carbonyl (C=O) groups is 1. The number of nitro groups is 1. The summed E-state index contributed by atoms with van der Waals surface area (Å²) < 4.78 is 13.4. The van der Waals surface area contributed by atoms with Crippen molar-refractivity contribution in [3.63, 3.8) is 0 Å². The van der Waals surface area contributed by atoms with Gasteiger partial charge in [-0.15, -0.1) is 0 Å². The van der Waals surface area contributed by atoms with Crippen LogP contribution in [-0.2, 0) is 4.79 Å². The van der Waals surface area contributed by atoms with Crippen molar-refractivity contribution in [2.75, 3.05) is 5.32 Å². The van der Waals surface area contributed by atoms with Crippen LogP contribution in [0.15, 0.2) is 48.5 Å². The van der Waals surface area contributed by atoms with E-state index in [1.54, 1.807) is 25.1 Å². The van der Waals surface area contributed by atoms with Crippen LogP contribution in [0.5, 0.6) is 0 Å². The molecule has 0 heterocycles. The van der Waals surface area contributed by atoms with Crippen LogP contribution in [0.1, 0.15) is 11.1 Å². The number of halogens is 1. The second kappa shape index (κ2) is 6.62. The van der Waals surface area contributed by atoms with Crippen LogP contribution < -0.4 is 5.32 Å². The number of hydrogen-bond acceptors (Lipinski definition) is 3. The molecule has 0 saturated heterocycles. The average molecular weight is 300 g/mol. The molecule has 2 rings (SSSR count). The van der Waals surface area contributed by atoms with E-state index in [4.69, 9.17) is 0 Å². The van der Waals surface area contributed by atoms with Crippen LogP contribution >= 0.6 is 0 Å². The topological polar surface area (TPSA) is 72.2 Å². The Kier molecular flexibility index (Phi) is 4.63. The third kappa shape index (κ3) is 3.54. The van der Waals surface area contributed by atoms with Crippen molar-refractivity contribution in [3.8, 4) is 0 Å². The van der Waals surface area contributed by atoms with E-state index in [0.717, 1.165) is 0 Å². The first-order valence-electron chi connectivity index (χ1n) is 6.46. The Balaban J connectivity index is 2.15. The molecule has 0 unspecified atom stereocenters. The summed E-state index contributed by atoms with van der Waals surface area (Å²) in [4.78, 5) is 22.2. The van der Waals surface area contributed by atoms with Gasteiger partial charge in [-0.25, -0.2) is 4.39 Å². The molecule has 112 valence electrons. The molecule has 0 saturated carbocycles. The molecule has 0 aliphatic carbocycles. The molecule has 0 aromatic heterocycles. The number of nitrogens with one attached hydrogen (secondary N) is 1. The monoisotopic (exact) mass is 300 g/mol. The lowest BCUT2D eigenvalue weighted by Gasteiger charge is -2.06. The van der Waals surface area contributed by atoms with Crippen LogP contribution in [-0.4, -0.2) is 10.8 Å². The highest BCUT2D eigenvalue weighted by molar-refractivity contribution is 6.02. The van der Waals surface area contributed by atoms with Gasteiger partial charge in [-0.2, -0.15) is 0 Å². The summed E-state index contributed by atoms with van der Waals surface area (Å²) >= 11 is 0. The van der Waals surface area contributed by atoms with Crippen molar-refractivity contribution in [2.24, 2.45) is 0 Å². The highest BCUT2D eigenvalue weighted by Gasteiger charge is 2.13. The van der Waals surface area contributed by atoms with Crippen LogP contribution in [0.2, 0.25) is 0 Å². The maximum absolute atomic E-state index is 13.4. The fourth-order valence-corrected chi connectivity index (χ4v) is 1.91. The van der Waals surface area contributed by atoms with E-state index >= 15 is 0 Å². The Morgan fingerprint density at radius 1 is 1.23 bits per heavy atom. The Hall–Kier alpha value is -3.02. The van der Waals surface area contributed by atoms with E-state index in [0.29, 0.717) is 11.3 Å². The molecular formula is C16H13FN2O3. The van der Waals surface area contributed by atoms with Crippen molar-refractivity contribution >= 4 is 23.4 Å². The molecule has 6 heteroatoms. The van der Waals surface area contributed by atoms with Gasteiger partial charge in [0.15, 0.2) is 0 Å². The van der Waals surface area contributed by atoms with Crippen LogP contribution in [0.3, 0.4) is 0 Å². The summed E-state index contributed by atoms with van der Waals surface area (Å²) in [6.07, 6.45) is 2.52. The zero-order valence-corrected chi connectivity index (χ0v) is 11.7. The fraction of sp³-hybridized carbons (Fsp3) is 0.0625. The first-order valence-corrected chi connectivity index (χ1v) is 6.46. The molecule has 0 radical (unpaired) electrons. The fourth-order valence-electron chi connectivity index (χ4n) is 1.91. The summed E-state index contributed by atoms with van der Waals surface area (Å²) in [6.45, 7) is 1.55. The van der Waals surface area contributed by atoms with E-state index in [1.807, 2.05) is 0 Å². The van der Waals surface area contributed by atoms with Gasteiger partial charge in [0.25, 0.3) is 5.69 Å². The number of benzene rings is 2. The molecule has 0 atom stereocenters. The Morgan fingerprint density at radius 3 is 2.64 bits per heavy atom. The summed E-state index contributed by atoms with van der Waals surface area (Å²) in [5.41, 5.74) is 0.918. The minimum absolute atomic E-state index is 0.0733. The summed E-state index contributed by atoms with van der Waals surface area (Å²) in [5.74, 6) is -0.926. The van der Waals surface area contributed by atoms with E-state index in [2.05, 4.69) is 5.32 Å². The van der Waals surface area contributed by atoms with E-state index in [1.165, 1.54) is 36.4 Å². The lowest BCUT2D eigenvalue weighted by atomic mass is 10.1. The molecule has 0 spiro atoms. The molecule has 2 aromatic rings. The number of anilines is 1. The summed E-state index contributed by atoms with van der Waals surface area (Å²) in [6, 6.07) is 10.5. The minimum Gasteiger partial charge on any atom is -0.322 e.